The minimum Gasteiger partial charge on any atom is -0.491 e. The highest BCUT2D eigenvalue weighted by Gasteiger charge is 2.39. The predicted molar refractivity (Wildman–Crippen MR) is 111 cm³/mol. The number of hydrogen-bond acceptors (Lipinski definition) is 5. The molecule has 1 saturated carbocycles. The maximum Gasteiger partial charge on any atom is 0.303 e. The van der Waals surface area contributed by atoms with Crippen LogP contribution in [0, 0.1) is 11.8 Å². The molecule has 7 heteroatoms. The topological polar surface area (TPSA) is 107 Å². The van der Waals surface area contributed by atoms with E-state index in [1.165, 1.54) is 0 Å². The Bertz CT molecular complexity index is 704. The first-order valence-corrected chi connectivity index (χ1v) is 10.2. The maximum atomic E-state index is 10.5. The summed E-state index contributed by atoms with van der Waals surface area (Å²) in [4.78, 5) is 10.5. The van der Waals surface area contributed by atoms with E-state index in [0.29, 0.717) is 36.5 Å². The van der Waals surface area contributed by atoms with Crippen LogP contribution in [0.3, 0.4) is 0 Å². The Kier molecular flexibility index (Phi) is 9.67. The second-order valence-electron chi connectivity index (χ2n) is 7.33. The second kappa shape index (κ2) is 12.0. The maximum absolute atomic E-state index is 10.5. The summed E-state index contributed by atoms with van der Waals surface area (Å²) in [5.41, 5.74) is 0. The van der Waals surface area contributed by atoms with Gasteiger partial charge in [-0.1, -0.05) is 42.0 Å². The molecule has 1 aromatic carbocycles. The van der Waals surface area contributed by atoms with Gasteiger partial charge in [-0.3, -0.25) is 4.79 Å². The molecule has 0 bridgehead atoms. The number of carboxylic acids is 1. The van der Waals surface area contributed by atoms with E-state index in [4.69, 9.17) is 21.4 Å². The van der Waals surface area contributed by atoms with Crippen molar-refractivity contribution >= 4 is 17.6 Å². The van der Waals surface area contributed by atoms with Crippen LogP contribution < -0.4 is 4.74 Å². The summed E-state index contributed by atoms with van der Waals surface area (Å²) >= 11 is 5.90. The van der Waals surface area contributed by atoms with Gasteiger partial charge in [0.05, 0.1) is 12.2 Å². The van der Waals surface area contributed by atoms with E-state index in [1.54, 1.807) is 36.4 Å². The highest BCUT2D eigenvalue weighted by molar-refractivity contribution is 6.30. The molecule has 1 fully saturated rings. The van der Waals surface area contributed by atoms with Crippen molar-refractivity contribution in [2.24, 2.45) is 11.8 Å². The van der Waals surface area contributed by atoms with Gasteiger partial charge in [0.1, 0.15) is 18.5 Å². The lowest BCUT2D eigenvalue weighted by molar-refractivity contribution is -0.137. The number of hydrogen-bond donors (Lipinski definition) is 4. The Morgan fingerprint density at radius 1 is 1.28 bits per heavy atom. The van der Waals surface area contributed by atoms with E-state index >= 15 is 0 Å². The first kappa shape index (κ1) is 23.4. The third-order valence-corrected chi connectivity index (χ3v) is 5.26. The average Bonchev–Trinajstić information content (AvgIpc) is 2.93. The zero-order chi connectivity index (χ0) is 21.2. The Labute approximate surface area is 176 Å². The second-order valence-corrected chi connectivity index (χ2v) is 7.76. The van der Waals surface area contributed by atoms with Gasteiger partial charge < -0.3 is 25.2 Å². The largest absolute Gasteiger partial charge is 0.491 e. The van der Waals surface area contributed by atoms with E-state index < -0.39 is 24.3 Å². The Morgan fingerprint density at radius 3 is 2.79 bits per heavy atom. The van der Waals surface area contributed by atoms with Crippen molar-refractivity contribution in [2.45, 2.75) is 50.4 Å². The number of aliphatic hydroxyl groups excluding tert-OH is 3. The van der Waals surface area contributed by atoms with Crippen LogP contribution in [-0.4, -0.2) is 51.3 Å². The Hall–Kier alpha value is -1.86. The van der Waals surface area contributed by atoms with Crippen LogP contribution in [0.1, 0.15) is 32.1 Å². The number of allylic oxidation sites excluding steroid dienone is 2. The zero-order valence-corrected chi connectivity index (χ0v) is 17.0. The van der Waals surface area contributed by atoms with Crippen LogP contribution in [0.25, 0.3) is 0 Å². The van der Waals surface area contributed by atoms with Crippen LogP contribution in [0.5, 0.6) is 5.75 Å². The quantitative estimate of drug-likeness (QED) is 0.321. The number of halogens is 1. The lowest BCUT2D eigenvalue weighted by atomic mass is 9.89. The monoisotopic (exact) mass is 424 g/mol. The van der Waals surface area contributed by atoms with Gasteiger partial charge in [0, 0.05) is 23.8 Å². The highest BCUT2D eigenvalue weighted by atomic mass is 35.5. The molecule has 0 aliphatic heterocycles. The first-order chi connectivity index (χ1) is 13.9. The van der Waals surface area contributed by atoms with E-state index in [1.807, 2.05) is 12.2 Å². The molecule has 6 nitrogen and oxygen atoms in total. The molecule has 160 valence electrons. The molecule has 0 radical (unpaired) electrons. The molecular formula is C22H29ClO6. The predicted octanol–water partition coefficient (Wildman–Crippen LogP) is 3.20. The van der Waals surface area contributed by atoms with E-state index in [-0.39, 0.29) is 24.9 Å². The number of carbonyl (C=O) groups is 1. The summed E-state index contributed by atoms with van der Waals surface area (Å²) in [6, 6.07) is 6.90. The first-order valence-electron chi connectivity index (χ1n) is 9.84. The van der Waals surface area contributed by atoms with Gasteiger partial charge >= 0.3 is 5.97 Å². The molecule has 1 aliphatic carbocycles. The van der Waals surface area contributed by atoms with Gasteiger partial charge in [-0.05, 0) is 43.4 Å². The molecule has 1 aromatic rings. The van der Waals surface area contributed by atoms with Crippen molar-refractivity contribution in [1.29, 1.82) is 0 Å². The number of carboxylic acid groups (broad SMARTS) is 1. The standard InChI is InChI=1S/C22H29ClO6/c23-15-6-5-7-17(12-15)29-14-16(24)10-11-19-18(20(25)13-21(19)26)8-3-1-2-4-9-22(27)28/h1,3,5-7,10-12,16,18-21,24-26H,2,4,8-9,13-14H2,(H,27,28)/b3-1+,11-10+/t16-,18-,19+,20+,21-/m0/s1. The van der Waals surface area contributed by atoms with Gasteiger partial charge in [-0.15, -0.1) is 0 Å². The number of aliphatic carboxylic acids is 1. The lowest BCUT2D eigenvalue weighted by Gasteiger charge is -2.19. The van der Waals surface area contributed by atoms with Gasteiger partial charge in [-0.2, -0.15) is 0 Å². The number of unbranched alkanes of at least 4 members (excludes halogenated alkanes) is 1. The van der Waals surface area contributed by atoms with Crippen molar-refractivity contribution in [2.75, 3.05) is 6.61 Å². The molecule has 0 unspecified atom stereocenters. The summed E-state index contributed by atoms with van der Waals surface area (Å²) < 4.78 is 5.51. The highest BCUT2D eigenvalue weighted by Crippen LogP contribution is 2.36. The summed E-state index contributed by atoms with van der Waals surface area (Å²) in [5.74, 6) is -0.671. The molecule has 4 N–H and O–H groups in total. The molecule has 2 rings (SSSR count). The number of benzene rings is 1. The normalized spacial score (nSPS) is 25.7. The fourth-order valence-corrected chi connectivity index (χ4v) is 3.68. The Balaban J connectivity index is 1.83. The van der Waals surface area contributed by atoms with Crippen molar-refractivity contribution in [1.82, 2.24) is 0 Å². The minimum atomic E-state index is -0.855. The molecule has 0 saturated heterocycles. The van der Waals surface area contributed by atoms with E-state index in [9.17, 15) is 20.1 Å². The fourth-order valence-electron chi connectivity index (χ4n) is 3.50. The van der Waals surface area contributed by atoms with Gasteiger partial charge in [0.25, 0.3) is 0 Å². The van der Waals surface area contributed by atoms with Crippen molar-refractivity contribution < 1.29 is 30.0 Å². The van der Waals surface area contributed by atoms with Gasteiger partial charge in [-0.25, -0.2) is 0 Å². The molecule has 29 heavy (non-hydrogen) atoms. The molecule has 0 heterocycles. The van der Waals surface area contributed by atoms with Gasteiger partial charge in [0.2, 0.25) is 0 Å². The number of rotatable bonds is 11. The Morgan fingerprint density at radius 2 is 2.07 bits per heavy atom. The molecule has 5 atom stereocenters. The summed E-state index contributed by atoms with van der Waals surface area (Å²) in [6.45, 7) is 0.0519. The molecule has 1 aliphatic rings. The van der Waals surface area contributed by atoms with E-state index in [0.717, 1.165) is 0 Å². The third kappa shape index (κ3) is 8.19. The summed E-state index contributed by atoms with van der Waals surface area (Å²) in [6.07, 6.45) is 7.26. The lowest BCUT2D eigenvalue weighted by Crippen LogP contribution is -2.21. The number of aliphatic hydroxyl groups is 3. The molecule has 0 amide bonds. The molecular weight excluding hydrogens is 396 g/mol. The minimum absolute atomic E-state index is 0.0519. The average molecular weight is 425 g/mol. The molecule has 0 spiro atoms. The van der Waals surface area contributed by atoms with Crippen LogP contribution >= 0.6 is 11.6 Å². The van der Waals surface area contributed by atoms with Crippen molar-refractivity contribution in [3.05, 3.63) is 53.6 Å². The smallest absolute Gasteiger partial charge is 0.303 e. The van der Waals surface area contributed by atoms with Crippen LogP contribution in [0.4, 0.5) is 0 Å². The third-order valence-electron chi connectivity index (χ3n) is 5.02. The van der Waals surface area contributed by atoms with Crippen LogP contribution in [0.15, 0.2) is 48.6 Å². The zero-order valence-electron chi connectivity index (χ0n) is 16.2. The fraction of sp³-hybridized carbons (Fsp3) is 0.500. The number of ether oxygens (including phenoxy) is 1. The summed E-state index contributed by atoms with van der Waals surface area (Å²) in [7, 11) is 0. The van der Waals surface area contributed by atoms with Crippen LogP contribution in [0.2, 0.25) is 5.02 Å². The summed E-state index contributed by atoms with van der Waals surface area (Å²) in [5, 5.41) is 39.8. The van der Waals surface area contributed by atoms with Gasteiger partial charge in [0.15, 0.2) is 0 Å². The van der Waals surface area contributed by atoms with Crippen molar-refractivity contribution in [3.63, 3.8) is 0 Å². The van der Waals surface area contributed by atoms with E-state index in [2.05, 4.69) is 0 Å². The molecule has 0 aromatic heterocycles. The SMILES string of the molecule is O=C(O)CCC/C=C/C[C@H]1[C@@H](/C=C/[C@H](O)COc2cccc(Cl)c2)[C@@H](O)C[C@H]1O. The van der Waals surface area contributed by atoms with Crippen molar-refractivity contribution in [3.8, 4) is 5.75 Å². The van der Waals surface area contributed by atoms with Crippen LogP contribution in [-0.2, 0) is 4.79 Å².